The van der Waals surface area contributed by atoms with Crippen molar-refractivity contribution in [2.24, 2.45) is 5.92 Å². The lowest BCUT2D eigenvalue weighted by Gasteiger charge is -2.06. The lowest BCUT2D eigenvalue weighted by Crippen LogP contribution is -2.27. The zero-order valence-corrected chi connectivity index (χ0v) is 10.5. The van der Waals surface area contributed by atoms with Gasteiger partial charge in [0.05, 0.1) is 0 Å². The lowest BCUT2D eigenvalue weighted by atomic mass is 10.1. The Kier molecular flexibility index (Phi) is 3.77. The predicted octanol–water partition coefficient (Wildman–Crippen LogP) is 2.73. The molecule has 0 atom stereocenters. The zero-order valence-electron chi connectivity index (χ0n) is 10.5. The molecular weight excluding hydrogens is 228 g/mol. The first-order valence-corrected chi connectivity index (χ1v) is 5.95. The average Bonchev–Trinajstić information content (AvgIpc) is 2.86. The Morgan fingerprint density at radius 1 is 1.33 bits per heavy atom. The van der Waals surface area contributed by atoms with Gasteiger partial charge in [0.1, 0.15) is 5.69 Å². The fourth-order valence-electron chi connectivity index (χ4n) is 1.59. The number of carbonyl (C=O) groups is 1. The Labute approximate surface area is 106 Å². The van der Waals surface area contributed by atoms with Crippen LogP contribution in [-0.2, 0) is 0 Å². The molecule has 0 saturated carbocycles. The first-order chi connectivity index (χ1) is 8.68. The SMILES string of the molecule is CC(C)CNC(=O)c1ocnc1-c1ccccc1. The summed E-state index contributed by atoms with van der Waals surface area (Å²) in [6.07, 6.45) is 1.30. The zero-order chi connectivity index (χ0) is 13.0. The van der Waals surface area contributed by atoms with Gasteiger partial charge in [0.25, 0.3) is 5.91 Å². The maximum atomic E-state index is 12.0. The van der Waals surface area contributed by atoms with Gasteiger partial charge < -0.3 is 9.73 Å². The largest absolute Gasteiger partial charge is 0.438 e. The summed E-state index contributed by atoms with van der Waals surface area (Å²) in [7, 11) is 0. The van der Waals surface area contributed by atoms with Crippen LogP contribution in [0.4, 0.5) is 0 Å². The molecule has 1 N–H and O–H groups in total. The minimum atomic E-state index is -0.222. The van der Waals surface area contributed by atoms with E-state index in [2.05, 4.69) is 10.3 Å². The first-order valence-electron chi connectivity index (χ1n) is 5.95. The molecule has 1 aromatic carbocycles. The van der Waals surface area contributed by atoms with Gasteiger partial charge in [0.2, 0.25) is 5.76 Å². The van der Waals surface area contributed by atoms with Gasteiger partial charge in [0.15, 0.2) is 6.39 Å². The number of nitrogens with zero attached hydrogens (tertiary/aromatic N) is 1. The van der Waals surface area contributed by atoms with Crippen molar-refractivity contribution < 1.29 is 9.21 Å². The van der Waals surface area contributed by atoms with Crippen LogP contribution in [0.15, 0.2) is 41.1 Å². The van der Waals surface area contributed by atoms with Gasteiger partial charge in [-0.2, -0.15) is 0 Å². The van der Waals surface area contributed by atoms with Crippen molar-refractivity contribution in [3.05, 3.63) is 42.5 Å². The highest BCUT2D eigenvalue weighted by molar-refractivity contribution is 5.97. The molecule has 0 saturated heterocycles. The molecule has 2 rings (SSSR count). The van der Waals surface area contributed by atoms with E-state index in [4.69, 9.17) is 4.42 Å². The quantitative estimate of drug-likeness (QED) is 0.899. The van der Waals surface area contributed by atoms with Crippen LogP contribution in [0.25, 0.3) is 11.3 Å². The lowest BCUT2D eigenvalue weighted by molar-refractivity contribution is 0.0922. The van der Waals surface area contributed by atoms with E-state index in [-0.39, 0.29) is 11.7 Å². The Hall–Kier alpha value is -2.10. The molecule has 0 spiro atoms. The van der Waals surface area contributed by atoms with Gasteiger partial charge in [-0.15, -0.1) is 0 Å². The maximum absolute atomic E-state index is 12.0. The molecule has 1 amide bonds. The third kappa shape index (κ3) is 2.77. The van der Waals surface area contributed by atoms with Crippen LogP contribution in [0.1, 0.15) is 24.4 Å². The number of rotatable bonds is 4. The molecular formula is C14H16N2O2. The first kappa shape index (κ1) is 12.4. The van der Waals surface area contributed by atoms with Gasteiger partial charge >= 0.3 is 0 Å². The summed E-state index contributed by atoms with van der Waals surface area (Å²) in [5.41, 5.74) is 1.46. The van der Waals surface area contributed by atoms with E-state index in [1.165, 1.54) is 6.39 Å². The molecule has 0 aliphatic carbocycles. The van der Waals surface area contributed by atoms with E-state index in [1.807, 2.05) is 44.2 Å². The number of aromatic nitrogens is 1. The Morgan fingerprint density at radius 2 is 2.06 bits per heavy atom. The van der Waals surface area contributed by atoms with Crippen LogP contribution < -0.4 is 5.32 Å². The van der Waals surface area contributed by atoms with Crippen LogP contribution in [0.5, 0.6) is 0 Å². The van der Waals surface area contributed by atoms with Crippen molar-refractivity contribution in [2.45, 2.75) is 13.8 Å². The maximum Gasteiger partial charge on any atom is 0.289 e. The van der Waals surface area contributed by atoms with Gasteiger partial charge in [-0.1, -0.05) is 44.2 Å². The predicted molar refractivity (Wildman–Crippen MR) is 69.1 cm³/mol. The van der Waals surface area contributed by atoms with Gasteiger partial charge in [-0.25, -0.2) is 4.98 Å². The standard InChI is InChI=1S/C14H16N2O2/c1-10(2)8-15-14(17)13-12(16-9-18-13)11-6-4-3-5-7-11/h3-7,9-10H,8H2,1-2H3,(H,15,17). The number of amides is 1. The summed E-state index contributed by atoms with van der Waals surface area (Å²) in [6.45, 7) is 4.70. The van der Waals surface area contributed by atoms with Crippen LogP contribution in [0.2, 0.25) is 0 Å². The highest BCUT2D eigenvalue weighted by atomic mass is 16.3. The molecule has 2 aromatic rings. The molecule has 1 heterocycles. The highest BCUT2D eigenvalue weighted by Gasteiger charge is 2.17. The third-order valence-corrected chi connectivity index (χ3v) is 2.49. The number of hydrogen-bond acceptors (Lipinski definition) is 3. The molecule has 94 valence electrons. The second kappa shape index (κ2) is 5.49. The molecule has 18 heavy (non-hydrogen) atoms. The van der Waals surface area contributed by atoms with Crippen LogP contribution in [0.3, 0.4) is 0 Å². The van der Waals surface area contributed by atoms with E-state index in [9.17, 15) is 4.79 Å². The molecule has 0 aliphatic rings. The summed E-state index contributed by atoms with van der Waals surface area (Å²) in [5.74, 6) is 0.443. The molecule has 4 heteroatoms. The molecule has 0 radical (unpaired) electrons. The number of carbonyl (C=O) groups excluding carboxylic acids is 1. The molecule has 0 bridgehead atoms. The fourth-order valence-corrected chi connectivity index (χ4v) is 1.59. The third-order valence-electron chi connectivity index (χ3n) is 2.49. The van der Waals surface area contributed by atoms with Crippen molar-refractivity contribution in [1.29, 1.82) is 0 Å². The van der Waals surface area contributed by atoms with E-state index in [0.717, 1.165) is 5.56 Å². The molecule has 4 nitrogen and oxygen atoms in total. The van der Waals surface area contributed by atoms with E-state index in [1.54, 1.807) is 0 Å². The molecule has 0 aliphatic heterocycles. The molecule has 0 fully saturated rings. The summed E-state index contributed by atoms with van der Waals surface area (Å²) >= 11 is 0. The summed E-state index contributed by atoms with van der Waals surface area (Å²) < 4.78 is 5.19. The van der Waals surface area contributed by atoms with Crippen molar-refractivity contribution in [3.8, 4) is 11.3 Å². The average molecular weight is 244 g/mol. The summed E-state index contributed by atoms with van der Waals surface area (Å²) in [5, 5.41) is 2.82. The minimum Gasteiger partial charge on any atom is -0.438 e. The summed E-state index contributed by atoms with van der Waals surface area (Å²) in [6, 6.07) is 9.52. The van der Waals surface area contributed by atoms with Crippen LogP contribution in [-0.4, -0.2) is 17.4 Å². The van der Waals surface area contributed by atoms with Crippen molar-refractivity contribution in [2.75, 3.05) is 6.54 Å². The monoisotopic (exact) mass is 244 g/mol. The minimum absolute atomic E-state index is 0.222. The Balaban J connectivity index is 2.20. The second-order valence-electron chi connectivity index (χ2n) is 4.50. The number of benzene rings is 1. The summed E-state index contributed by atoms with van der Waals surface area (Å²) in [4.78, 5) is 16.1. The smallest absolute Gasteiger partial charge is 0.289 e. The van der Waals surface area contributed by atoms with Gasteiger partial charge in [-0.05, 0) is 5.92 Å². The van der Waals surface area contributed by atoms with Crippen molar-refractivity contribution in [1.82, 2.24) is 10.3 Å². The van der Waals surface area contributed by atoms with E-state index < -0.39 is 0 Å². The number of nitrogens with one attached hydrogen (secondary N) is 1. The van der Waals surface area contributed by atoms with Gasteiger partial charge in [-0.3, -0.25) is 4.79 Å². The number of hydrogen-bond donors (Lipinski definition) is 1. The Bertz CT molecular complexity index is 518. The second-order valence-corrected chi connectivity index (χ2v) is 4.50. The fraction of sp³-hybridized carbons (Fsp3) is 0.286. The Morgan fingerprint density at radius 3 is 2.72 bits per heavy atom. The van der Waals surface area contributed by atoms with Crippen LogP contribution >= 0.6 is 0 Å². The highest BCUT2D eigenvalue weighted by Crippen LogP contribution is 2.21. The topological polar surface area (TPSA) is 55.1 Å². The molecule has 1 aromatic heterocycles. The molecule has 0 unspecified atom stereocenters. The van der Waals surface area contributed by atoms with E-state index >= 15 is 0 Å². The van der Waals surface area contributed by atoms with E-state index in [0.29, 0.717) is 18.2 Å². The van der Waals surface area contributed by atoms with Crippen LogP contribution in [0, 0.1) is 5.92 Å². The van der Waals surface area contributed by atoms with Gasteiger partial charge in [0, 0.05) is 12.1 Å². The van der Waals surface area contributed by atoms with Crippen molar-refractivity contribution in [3.63, 3.8) is 0 Å². The van der Waals surface area contributed by atoms with Crippen molar-refractivity contribution >= 4 is 5.91 Å². The normalized spacial score (nSPS) is 10.6. The number of oxazole rings is 1.